The van der Waals surface area contributed by atoms with Crippen molar-refractivity contribution in [3.05, 3.63) is 126 Å². The summed E-state index contributed by atoms with van der Waals surface area (Å²) in [5.74, 6) is -1.96. The largest absolute Gasteiger partial charge is 0.445 e. The number of para-hydroxylation sites is 1. The van der Waals surface area contributed by atoms with E-state index in [9.17, 15) is 19.2 Å². The van der Waals surface area contributed by atoms with Gasteiger partial charge in [0, 0.05) is 48.3 Å². The average Bonchev–Trinajstić information content (AvgIpc) is 3.74. The average molecular weight is 622 g/mol. The Hall–Kier alpha value is -5.91. The van der Waals surface area contributed by atoms with E-state index in [0.717, 1.165) is 27.6 Å². The van der Waals surface area contributed by atoms with E-state index in [1.807, 2.05) is 84.9 Å². The standard InChI is InChI=1S/C34H35N7O5/c35-31(42)28(17-25-19-36-21-38-25)39-32(43)29(15-22-9-3-1-4-10-22)40-33(44)30(16-24-18-37-27-14-8-7-13-26(24)27)41-34(45)46-20-23-11-5-2-6-12-23/h1-14,18-19,21,28-30,37H,15-17,20H2,(H2,35,42)(H,36,38)(H,39,43)(H,40,44)(H,41,45)/t28-,29-,30-/m0/s1. The van der Waals surface area contributed by atoms with Crippen LogP contribution in [0.4, 0.5) is 4.79 Å². The molecule has 236 valence electrons. The number of carbonyl (C=O) groups excluding carboxylic acids is 4. The van der Waals surface area contributed by atoms with Crippen molar-refractivity contribution in [2.24, 2.45) is 5.73 Å². The molecule has 0 aliphatic heterocycles. The number of hydrogen-bond acceptors (Lipinski definition) is 6. The SMILES string of the molecule is NC(=O)[C@H](Cc1cnc[nH]1)NC(=O)[C@H](Cc1ccccc1)NC(=O)[C@H](Cc1c[nH]c2ccccc12)NC(=O)OCc1ccccc1. The first kappa shape index (κ1) is 31.5. The smallest absolute Gasteiger partial charge is 0.408 e. The first-order valence-electron chi connectivity index (χ1n) is 14.8. The van der Waals surface area contributed by atoms with Crippen molar-refractivity contribution in [3.63, 3.8) is 0 Å². The number of alkyl carbamates (subject to hydrolysis) is 1. The quantitative estimate of drug-likeness (QED) is 0.111. The number of hydrogen-bond donors (Lipinski definition) is 6. The molecule has 3 aromatic carbocycles. The summed E-state index contributed by atoms with van der Waals surface area (Å²) >= 11 is 0. The number of aromatic nitrogens is 3. The van der Waals surface area contributed by atoms with Gasteiger partial charge in [-0.15, -0.1) is 0 Å². The van der Waals surface area contributed by atoms with Crippen LogP contribution in [0.5, 0.6) is 0 Å². The number of benzene rings is 3. The van der Waals surface area contributed by atoms with Crippen LogP contribution in [0.25, 0.3) is 10.9 Å². The van der Waals surface area contributed by atoms with Gasteiger partial charge in [0.15, 0.2) is 0 Å². The fourth-order valence-corrected chi connectivity index (χ4v) is 5.08. The molecule has 0 radical (unpaired) electrons. The Morgan fingerprint density at radius 1 is 0.717 bits per heavy atom. The van der Waals surface area contributed by atoms with Crippen molar-refractivity contribution in [3.8, 4) is 0 Å². The van der Waals surface area contributed by atoms with Gasteiger partial charge in [-0.1, -0.05) is 78.9 Å². The van der Waals surface area contributed by atoms with Crippen molar-refractivity contribution in [2.75, 3.05) is 0 Å². The van der Waals surface area contributed by atoms with Gasteiger partial charge in [-0.05, 0) is 22.8 Å². The summed E-state index contributed by atoms with van der Waals surface area (Å²) in [6.07, 6.45) is 4.30. The van der Waals surface area contributed by atoms with Crippen LogP contribution >= 0.6 is 0 Å². The van der Waals surface area contributed by atoms with Gasteiger partial charge in [-0.3, -0.25) is 14.4 Å². The number of carbonyl (C=O) groups is 4. The van der Waals surface area contributed by atoms with Crippen molar-refractivity contribution in [1.82, 2.24) is 30.9 Å². The summed E-state index contributed by atoms with van der Waals surface area (Å²) in [6.45, 7) is 0.0119. The molecule has 0 saturated heterocycles. The Balaban J connectivity index is 1.36. The Bertz CT molecular complexity index is 1760. The maximum atomic E-state index is 13.9. The van der Waals surface area contributed by atoms with E-state index in [1.54, 1.807) is 6.20 Å². The fraction of sp³-hybridized carbons (Fsp3) is 0.206. The number of H-pyrrole nitrogens is 2. The number of imidazole rings is 1. The molecule has 0 saturated carbocycles. The number of nitrogens with two attached hydrogens (primary N) is 1. The fourth-order valence-electron chi connectivity index (χ4n) is 5.08. The molecule has 0 aliphatic rings. The van der Waals surface area contributed by atoms with E-state index in [-0.39, 0.29) is 25.9 Å². The van der Waals surface area contributed by atoms with E-state index in [4.69, 9.17) is 10.5 Å². The molecule has 2 heterocycles. The molecule has 12 heteroatoms. The zero-order chi connectivity index (χ0) is 32.3. The van der Waals surface area contributed by atoms with E-state index in [2.05, 4.69) is 30.9 Å². The number of aromatic amines is 2. The van der Waals surface area contributed by atoms with Gasteiger partial charge in [-0.2, -0.15) is 0 Å². The second-order valence-corrected chi connectivity index (χ2v) is 10.8. The number of nitrogens with one attached hydrogen (secondary N) is 5. The Morgan fingerprint density at radius 3 is 2.02 bits per heavy atom. The van der Waals surface area contributed by atoms with Crippen LogP contribution in [0, 0.1) is 0 Å². The summed E-state index contributed by atoms with van der Waals surface area (Å²) in [5, 5.41) is 9.05. The molecule has 0 unspecified atom stereocenters. The van der Waals surface area contributed by atoms with Crippen LogP contribution in [-0.4, -0.2) is 56.9 Å². The van der Waals surface area contributed by atoms with Gasteiger partial charge >= 0.3 is 6.09 Å². The van der Waals surface area contributed by atoms with E-state index in [1.165, 1.54) is 12.5 Å². The molecule has 0 bridgehead atoms. The minimum Gasteiger partial charge on any atom is -0.445 e. The van der Waals surface area contributed by atoms with Crippen LogP contribution < -0.4 is 21.7 Å². The highest BCUT2D eigenvalue weighted by atomic mass is 16.5. The van der Waals surface area contributed by atoms with Crippen LogP contribution in [-0.2, 0) is 45.0 Å². The van der Waals surface area contributed by atoms with Gasteiger partial charge < -0.3 is 36.4 Å². The lowest BCUT2D eigenvalue weighted by molar-refractivity contribution is -0.132. The molecule has 5 rings (SSSR count). The third kappa shape index (κ3) is 8.59. The lowest BCUT2D eigenvalue weighted by Gasteiger charge is -2.25. The summed E-state index contributed by atoms with van der Waals surface area (Å²) in [6, 6.07) is 22.6. The topological polar surface area (TPSA) is 184 Å². The van der Waals surface area contributed by atoms with Crippen LogP contribution in [0.2, 0.25) is 0 Å². The summed E-state index contributed by atoms with van der Waals surface area (Å²) in [4.78, 5) is 62.8. The van der Waals surface area contributed by atoms with Gasteiger partial charge in [0.2, 0.25) is 17.7 Å². The third-order valence-corrected chi connectivity index (χ3v) is 7.47. The zero-order valence-corrected chi connectivity index (χ0v) is 24.9. The summed E-state index contributed by atoms with van der Waals surface area (Å²) in [5.41, 5.74) is 9.43. The van der Waals surface area contributed by atoms with E-state index in [0.29, 0.717) is 5.69 Å². The highest BCUT2D eigenvalue weighted by Gasteiger charge is 2.30. The molecule has 46 heavy (non-hydrogen) atoms. The lowest BCUT2D eigenvalue weighted by atomic mass is 10.0. The van der Waals surface area contributed by atoms with Crippen molar-refractivity contribution < 1.29 is 23.9 Å². The number of rotatable bonds is 14. The molecule has 5 aromatic rings. The second-order valence-electron chi connectivity index (χ2n) is 10.8. The van der Waals surface area contributed by atoms with Crippen molar-refractivity contribution >= 4 is 34.7 Å². The number of amides is 4. The maximum Gasteiger partial charge on any atom is 0.408 e. The molecule has 0 spiro atoms. The predicted octanol–water partition coefficient (Wildman–Crippen LogP) is 2.67. The number of ether oxygens (including phenoxy) is 1. The Labute approximate surface area is 265 Å². The van der Waals surface area contributed by atoms with Crippen LogP contribution in [0.3, 0.4) is 0 Å². The number of fused-ring (bicyclic) bond motifs is 1. The Kier molecular flexibility index (Phi) is 10.4. The highest BCUT2D eigenvalue weighted by molar-refractivity contribution is 5.94. The molecule has 0 aliphatic carbocycles. The second kappa shape index (κ2) is 15.2. The lowest BCUT2D eigenvalue weighted by Crippen LogP contribution is -2.57. The molecule has 0 fully saturated rings. The molecule has 7 N–H and O–H groups in total. The van der Waals surface area contributed by atoms with Crippen LogP contribution in [0.1, 0.15) is 22.4 Å². The minimum atomic E-state index is -1.11. The zero-order valence-electron chi connectivity index (χ0n) is 24.9. The minimum absolute atomic E-state index is 0.0119. The molecular formula is C34H35N7O5. The monoisotopic (exact) mass is 621 g/mol. The first-order valence-corrected chi connectivity index (χ1v) is 14.8. The van der Waals surface area contributed by atoms with Gasteiger partial charge in [0.1, 0.15) is 24.7 Å². The molecule has 12 nitrogen and oxygen atoms in total. The predicted molar refractivity (Wildman–Crippen MR) is 171 cm³/mol. The summed E-state index contributed by atoms with van der Waals surface area (Å²) in [7, 11) is 0. The van der Waals surface area contributed by atoms with Gasteiger partial charge in [-0.25, -0.2) is 9.78 Å². The van der Waals surface area contributed by atoms with Gasteiger partial charge in [0.25, 0.3) is 0 Å². The van der Waals surface area contributed by atoms with Gasteiger partial charge in [0.05, 0.1) is 6.33 Å². The van der Waals surface area contributed by atoms with Crippen molar-refractivity contribution in [1.29, 1.82) is 0 Å². The maximum absolute atomic E-state index is 13.9. The molecule has 3 atom stereocenters. The van der Waals surface area contributed by atoms with E-state index >= 15 is 0 Å². The van der Waals surface area contributed by atoms with Crippen molar-refractivity contribution in [2.45, 2.75) is 44.0 Å². The normalized spacial score (nSPS) is 12.9. The molecule has 2 aromatic heterocycles. The first-order chi connectivity index (χ1) is 22.4. The highest BCUT2D eigenvalue weighted by Crippen LogP contribution is 2.19. The molecule has 4 amide bonds. The number of nitrogens with zero attached hydrogens (tertiary/aromatic N) is 1. The molecular weight excluding hydrogens is 586 g/mol. The third-order valence-electron chi connectivity index (χ3n) is 7.47. The van der Waals surface area contributed by atoms with Crippen LogP contribution in [0.15, 0.2) is 104 Å². The summed E-state index contributed by atoms with van der Waals surface area (Å²) < 4.78 is 5.42. The Morgan fingerprint density at radius 2 is 1.35 bits per heavy atom. The number of primary amides is 1. The van der Waals surface area contributed by atoms with E-state index < -0.39 is 41.9 Å².